The number of benzene rings is 1. The van der Waals surface area contributed by atoms with Crippen LogP contribution in [-0.4, -0.2) is 40.2 Å². The highest BCUT2D eigenvalue weighted by atomic mass is 16.2. The minimum Gasteiger partial charge on any atom is -0.335 e. The minimum atomic E-state index is 0.00486. The molecule has 1 N–H and O–H groups in total. The van der Waals surface area contributed by atoms with Crippen molar-refractivity contribution in [3.05, 3.63) is 53.3 Å². The molecule has 2 aromatic rings. The number of aryl methyl sites for hydroxylation is 2. The predicted molar refractivity (Wildman–Crippen MR) is 102 cm³/mol. The molecule has 1 aromatic heterocycles. The number of piperidine rings is 1. The third-order valence-corrected chi connectivity index (χ3v) is 5.93. The van der Waals surface area contributed by atoms with Gasteiger partial charge in [0.2, 0.25) is 5.91 Å². The van der Waals surface area contributed by atoms with E-state index in [1.807, 2.05) is 24.1 Å². The molecule has 0 bridgehead atoms. The highest BCUT2D eigenvalue weighted by molar-refractivity contribution is 5.81. The molecule has 3 atom stereocenters. The number of likely N-dealkylation sites (tertiary alicyclic amines) is 1. The Kier molecular flexibility index (Phi) is 4.81. The summed E-state index contributed by atoms with van der Waals surface area (Å²) in [6.07, 6.45) is 7.31. The fourth-order valence-corrected chi connectivity index (χ4v) is 4.46. The number of carbonyl (C=O) groups excluding carboxylic acids is 1. The largest absolute Gasteiger partial charge is 0.335 e. The van der Waals surface area contributed by atoms with E-state index < -0.39 is 0 Å². The van der Waals surface area contributed by atoms with Crippen LogP contribution in [0, 0.1) is 12.8 Å². The van der Waals surface area contributed by atoms with E-state index in [9.17, 15) is 4.79 Å². The fraction of sp³-hybridized carbons (Fsp3) is 0.524. The molecule has 1 unspecified atom stereocenters. The summed E-state index contributed by atoms with van der Waals surface area (Å²) >= 11 is 0. The molecule has 2 aliphatic rings. The second-order valence-electron chi connectivity index (χ2n) is 7.77. The van der Waals surface area contributed by atoms with Crippen LogP contribution in [0.4, 0.5) is 0 Å². The van der Waals surface area contributed by atoms with Gasteiger partial charge in [0.15, 0.2) is 0 Å². The Morgan fingerprint density at radius 2 is 1.96 bits per heavy atom. The Hall–Kier alpha value is -2.14. The van der Waals surface area contributed by atoms with E-state index in [1.165, 1.54) is 23.1 Å². The third kappa shape index (κ3) is 3.28. The van der Waals surface area contributed by atoms with Crippen molar-refractivity contribution in [2.24, 2.45) is 13.0 Å². The number of carbonyl (C=O) groups is 1. The Morgan fingerprint density at radius 3 is 2.69 bits per heavy atom. The van der Waals surface area contributed by atoms with E-state index in [4.69, 9.17) is 0 Å². The molecule has 138 valence electrons. The lowest BCUT2D eigenvalue weighted by Crippen LogP contribution is -2.43. The molecule has 26 heavy (non-hydrogen) atoms. The smallest absolute Gasteiger partial charge is 0.228 e. The highest BCUT2D eigenvalue weighted by Crippen LogP contribution is 2.36. The average Bonchev–Trinajstić information content (AvgIpc) is 3.30. The summed E-state index contributed by atoms with van der Waals surface area (Å²) in [5.41, 5.74) is 3.70. The van der Waals surface area contributed by atoms with Gasteiger partial charge in [-0.05, 0) is 37.3 Å². The van der Waals surface area contributed by atoms with Crippen molar-refractivity contribution in [2.75, 3.05) is 19.6 Å². The maximum atomic E-state index is 13.5. The maximum absolute atomic E-state index is 13.5. The lowest BCUT2D eigenvalue weighted by atomic mass is 9.87. The summed E-state index contributed by atoms with van der Waals surface area (Å²) in [5, 5.41) is 7.73. The molecule has 3 heterocycles. The van der Waals surface area contributed by atoms with Gasteiger partial charge in [0.25, 0.3) is 0 Å². The number of nitrogens with one attached hydrogen (secondary N) is 1. The summed E-state index contributed by atoms with van der Waals surface area (Å²) in [5.74, 6) is 0.524. The lowest BCUT2D eigenvalue weighted by molar-refractivity contribution is -0.139. The van der Waals surface area contributed by atoms with Gasteiger partial charge < -0.3 is 10.2 Å². The molecule has 5 nitrogen and oxygen atoms in total. The van der Waals surface area contributed by atoms with Crippen LogP contribution in [0.1, 0.15) is 47.9 Å². The van der Waals surface area contributed by atoms with Crippen LogP contribution >= 0.6 is 0 Å². The van der Waals surface area contributed by atoms with Crippen LogP contribution in [0.3, 0.4) is 0 Å². The molecule has 1 amide bonds. The lowest BCUT2D eigenvalue weighted by Gasteiger charge is -2.38. The van der Waals surface area contributed by atoms with Gasteiger partial charge in [-0.1, -0.05) is 29.8 Å². The molecule has 2 saturated heterocycles. The summed E-state index contributed by atoms with van der Waals surface area (Å²) < 4.78 is 1.82. The monoisotopic (exact) mass is 352 g/mol. The van der Waals surface area contributed by atoms with Gasteiger partial charge >= 0.3 is 0 Å². The van der Waals surface area contributed by atoms with Crippen LogP contribution in [0.5, 0.6) is 0 Å². The van der Waals surface area contributed by atoms with Crippen molar-refractivity contribution in [2.45, 2.75) is 38.1 Å². The molecule has 0 spiro atoms. The van der Waals surface area contributed by atoms with Gasteiger partial charge in [-0.25, -0.2) is 0 Å². The Balaban J connectivity index is 1.57. The van der Waals surface area contributed by atoms with Crippen molar-refractivity contribution >= 4 is 5.91 Å². The number of hydrogen-bond donors (Lipinski definition) is 1. The van der Waals surface area contributed by atoms with E-state index in [0.717, 1.165) is 32.5 Å². The standard InChI is InChI=1S/C21H28N4O/c1-15-6-8-16(9-7-15)20-5-3-4-10-25(20)21(26)19-13-22-12-18(19)17-11-23-24(2)14-17/h6-9,11,14,18-20,22H,3-5,10,12-13H2,1-2H3/t18-,19+,20?/m1/s1. The molecule has 0 saturated carbocycles. The van der Waals surface area contributed by atoms with Crippen LogP contribution in [0.15, 0.2) is 36.7 Å². The molecule has 2 fully saturated rings. The van der Waals surface area contributed by atoms with Crippen LogP contribution in [-0.2, 0) is 11.8 Å². The summed E-state index contributed by atoms with van der Waals surface area (Å²) in [7, 11) is 1.93. The zero-order valence-electron chi connectivity index (χ0n) is 15.7. The van der Waals surface area contributed by atoms with Gasteiger partial charge in [0, 0.05) is 38.8 Å². The molecular formula is C21H28N4O. The van der Waals surface area contributed by atoms with Gasteiger partial charge in [-0.2, -0.15) is 5.10 Å². The van der Waals surface area contributed by atoms with Gasteiger partial charge in [-0.3, -0.25) is 9.48 Å². The van der Waals surface area contributed by atoms with Crippen molar-refractivity contribution in [1.29, 1.82) is 0 Å². The van der Waals surface area contributed by atoms with Gasteiger partial charge in [-0.15, -0.1) is 0 Å². The van der Waals surface area contributed by atoms with Crippen molar-refractivity contribution < 1.29 is 4.79 Å². The molecule has 0 radical (unpaired) electrons. The van der Waals surface area contributed by atoms with Crippen LogP contribution in [0.2, 0.25) is 0 Å². The Bertz CT molecular complexity index is 767. The van der Waals surface area contributed by atoms with Crippen LogP contribution < -0.4 is 5.32 Å². The minimum absolute atomic E-state index is 0.00486. The SMILES string of the molecule is Cc1ccc(C2CCCCN2C(=O)[C@H]2CNC[C@@H]2c2cnn(C)c2)cc1. The highest BCUT2D eigenvalue weighted by Gasteiger charge is 2.39. The van der Waals surface area contributed by atoms with Gasteiger partial charge in [0.1, 0.15) is 0 Å². The molecule has 1 aromatic carbocycles. The van der Waals surface area contributed by atoms with Crippen molar-refractivity contribution in [3.8, 4) is 0 Å². The number of rotatable bonds is 3. The molecule has 5 heteroatoms. The zero-order valence-corrected chi connectivity index (χ0v) is 15.7. The third-order valence-electron chi connectivity index (χ3n) is 5.93. The van der Waals surface area contributed by atoms with E-state index in [2.05, 4.69) is 46.5 Å². The van der Waals surface area contributed by atoms with E-state index in [-0.39, 0.29) is 17.9 Å². The van der Waals surface area contributed by atoms with E-state index in [1.54, 1.807) is 0 Å². The number of nitrogens with zero attached hydrogens (tertiary/aromatic N) is 3. The zero-order chi connectivity index (χ0) is 18.1. The topological polar surface area (TPSA) is 50.2 Å². The van der Waals surface area contributed by atoms with Crippen LogP contribution in [0.25, 0.3) is 0 Å². The Labute approximate surface area is 155 Å². The first-order chi connectivity index (χ1) is 12.6. The molecule has 4 rings (SSSR count). The molecular weight excluding hydrogens is 324 g/mol. The second-order valence-corrected chi connectivity index (χ2v) is 7.77. The summed E-state index contributed by atoms with van der Waals surface area (Å²) in [6.45, 7) is 4.59. The number of amides is 1. The van der Waals surface area contributed by atoms with E-state index in [0.29, 0.717) is 5.91 Å². The normalized spacial score (nSPS) is 26.2. The number of hydrogen-bond acceptors (Lipinski definition) is 3. The first-order valence-corrected chi connectivity index (χ1v) is 9.70. The van der Waals surface area contributed by atoms with Gasteiger partial charge in [0.05, 0.1) is 18.2 Å². The summed E-state index contributed by atoms with van der Waals surface area (Å²) in [4.78, 5) is 15.6. The molecule has 0 aliphatic carbocycles. The first kappa shape index (κ1) is 17.3. The van der Waals surface area contributed by atoms with E-state index >= 15 is 0 Å². The molecule has 2 aliphatic heterocycles. The maximum Gasteiger partial charge on any atom is 0.228 e. The first-order valence-electron chi connectivity index (χ1n) is 9.70. The average molecular weight is 352 g/mol. The summed E-state index contributed by atoms with van der Waals surface area (Å²) in [6, 6.07) is 8.91. The van der Waals surface area contributed by atoms with Crippen molar-refractivity contribution in [3.63, 3.8) is 0 Å². The Morgan fingerprint density at radius 1 is 1.15 bits per heavy atom. The fourth-order valence-electron chi connectivity index (χ4n) is 4.46. The quantitative estimate of drug-likeness (QED) is 0.924. The number of aromatic nitrogens is 2. The van der Waals surface area contributed by atoms with Crippen molar-refractivity contribution in [1.82, 2.24) is 20.0 Å². The second kappa shape index (κ2) is 7.23. The predicted octanol–water partition coefficient (Wildman–Crippen LogP) is 2.79.